The first-order valence-electron chi connectivity index (χ1n) is 10.6. The van der Waals surface area contributed by atoms with Crippen LogP contribution in [0.5, 0.6) is 0 Å². The molecule has 2 aromatic carbocycles. The van der Waals surface area contributed by atoms with Crippen molar-refractivity contribution in [1.29, 1.82) is 0 Å². The molecule has 1 aromatic heterocycles. The summed E-state index contributed by atoms with van der Waals surface area (Å²) in [6.45, 7) is 1.78. The number of ether oxygens (including phenoxy) is 2. The molecule has 1 aliphatic rings. The zero-order valence-electron chi connectivity index (χ0n) is 18.1. The lowest BCUT2D eigenvalue weighted by Crippen LogP contribution is -2.31. The van der Waals surface area contributed by atoms with E-state index in [4.69, 9.17) is 9.47 Å². The Labute approximate surface area is 191 Å². The summed E-state index contributed by atoms with van der Waals surface area (Å²) in [5, 5.41) is 3.45. The molecule has 1 saturated heterocycles. The molecule has 178 valence electrons. The standard InChI is InChI=1S/C24H21F3N2O5/c1-2-33-23(32)34-12-15-11-18(21(30)28-15)13-7-8-14-10-20(29-22(31)17(14)9-13)16-5-3-4-6-19(16)24(25,26)27/h3-10,15,18H,2,11-12H2,1H3,(H,28,30)(H,29,31)/t15?,18-/m1/s1. The summed E-state index contributed by atoms with van der Waals surface area (Å²) in [5.74, 6) is -0.839. The maximum absolute atomic E-state index is 13.4. The molecule has 0 aliphatic carbocycles. The lowest BCUT2D eigenvalue weighted by atomic mass is 9.93. The van der Waals surface area contributed by atoms with Gasteiger partial charge in [-0.05, 0) is 42.5 Å². The van der Waals surface area contributed by atoms with Crippen LogP contribution in [0.25, 0.3) is 22.0 Å². The van der Waals surface area contributed by atoms with E-state index < -0.39 is 35.4 Å². The molecule has 3 aromatic rings. The van der Waals surface area contributed by atoms with Crippen molar-refractivity contribution in [3.8, 4) is 11.3 Å². The van der Waals surface area contributed by atoms with Gasteiger partial charge in [0.15, 0.2) is 0 Å². The number of pyridine rings is 1. The SMILES string of the molecule is CCOC(=O)OCC1C[C@H](c2ccc3cc(-c4ccccc4C(F)(F)F)[nH]c(=O)c3c2)C(=O)N1. The number of nitrogens with one attached hydrogen (secondary N) is 2. The van der Waals surface area contributed by atoms with Gasteiger partial charge in [0.25, 0.3) is 5.56 Å². The van der Waals surface area contributed by atoms with Crippen molar-refractivity contribution in [3.63, 3.8) is 0 Å². The average Bonchev–Trinajstić information content (AvgIpc) is 3.17. The molecule has 1 unspecified atom stereocenters. The lowest BCUT2D eigenvalue weighted by molar-refractivity contribution is -0.137. The number of carbonyl (C=O) groups excluding carboxylic acids is 2. The summed E-state index contributed by atoms with van der Waals surface area (Å²) >= 11 is 0. The Kier molecular flexibility index (Phi) is 6.32. The highest BCUT2D eigenvalue weighted by molar-refractivity contribution is 5.90. The Morgan fingerprint density at radius 2 is 1.85 bits per heavy atom. The van der Waals surface area contributed by atoms with Gasteiger partial charge in [0.2, 0.25) is 5.91 Å². The number of H-pyrrole nitrogens is 1. The van der Waals surface area contributed by atoms with E-state index in [1.165, 1.54) is 24.3 Å². The molecule has 2 N–H and O–H groups in total. The zero-order valence-corrected chi connectivity index (χ0v) is 18.1. The Bertz CT molecular complexity index is 1300. The van der Waals surface area contributed by atoms with Crippen LogP contribution in [-0.2, 0) is 20.4 Å². The summed E-state index contributed by atoms with van der Waals surface area (Å²) in [6, 6.07) is 10.9. The number of carbonyl (C=O) groups is 2. The van der Waals surface area contributed by atoms with Gasteiger partial charge in [-0.15, -0.1) is 0 Å². The van der Waals surface area contributed by atoms with Crippen molar-refractivity contribution in [1.82, 2.24) is 10.3 Å². The molecule has 1 aliphatic heterocycles. The van der Waals surface area contributed by atoms with Gasteiger partial charge in [-0.1, -0.05) is 30.3 Å². The number of hydrogen-bond acceptors (Lipinski definition) is 5. The quantitative estimate of drug-likeness (QED) is 0.536. The minimum Gasteiger partial charge on any atom is -0.435 e. The molecule has 2 heterocycles. The molecule has 0 saturated carbocycles. The second-order valence-corrected chi connectivity index (χ2v) is 7.89. The fourth-order valence-electron chi connectivity index (χ4n) is 4.08. The third kappa shape index (κ3) is 4.75. The van der Waals surface area contributed by atoms with Crippen molar-refractivity contribution in [2.75, 3.05) is 13.2 Å². The van der Waals surface area contributed by atoms with Gasteiger partial charge in [-0.25, -0.2) is 4.79 Å². The second kappa shape index (κ2) is 9.20. The summed E-state index contributed by atoms with van der Waals surface area (Å²) in [7, 11) is 0. The van der Waals surface area contributed by atoms with E-state index in [1.54, 1.807) is 25.1 Å². The van der Waals surface area contributed by atoms with Crippen LogP contribution in [0.15, 0.2) is 53.3 Å². The van der Waals surface area contributed by atoms with E-state index in [2.05, 4.69) is 10.3 Å². The van der Waals surface area contributed by atoms with Crippen LogP contribution in [0.1, 0.15) is 30.4 Å². The Balaban J connectivity index is 1.61. The molecule has 10 heteroatoms. The predicted molar refractivity (Wildman–Crippen MR) is 117 cm³/mol. The smallest absolute Gasteiger partial charge is 0.435 e. The number of alkyl halides is 3. The van der Waals surface area contributed by atoms with Crippen LogP contribution in [0, 0.1) is 0 Å². The van der Waals surface area contributed by atoms with Crippen molar-refractivity contribution in [2.45, 2.75) is 31.5 Å². The van der Waals surface area contributed by atoms with E-state index in [-0.39, 0.29) is 35.8 Å². The van der Waals surface area contributed by atoms with Gasteiger partial charge in [0.05, 0.1) is 24.1 Å². The summed E-state index contributed by atoms with van der Waals surface area (Å²) in [5.41, 5.74) is -0.907. The van der Waals surface area contributed by atoms with Crippen LogP contribution in [0.2, 0.25) is 0 Å². The fourth-order valence-corrected chi connectivity index (χ4v) is 4.08. The number of hydrogen-bond donors (Lipinski definition) is 2. The van der Waals surface area contributed by atoms with Crippen molar-refractivity contribution in [3.05, 3.63) is 70.0 Å². The molecular weight excluding hydrogens is 453 g/mol. The minimum absolute atomic E-state index is 0.0444. The summed E-state index contributed by atoms with van der Waals surface area (Å²) < 4.78 is 49.9. The average molecular weight is 474 g/mol. The molecule has 0 spiro atoms. The first-order chi connectivity index (χ1) is 16.2. The second-order valence-electron chi connectivity index (χ2n) is 7.89. The fraction of sp³-hybridized carbons (Fsp3) is 0.292. The third-order valence-corrected chi connectivity index (χ3v) is 5.64. The zero-order chi connectivity index (χ0) is 24.5. The van der Waals surface area contributed by atoms with Crippen LogP contribution < -0.4 is 10.9 Å². The third-order valence-electron chi connectivity index (χ3n) is 5.64. The Hall–Kier alpha value is -3.82. The molecule has 0 bridgehead atoms. The maximum atomic E-state index is 13.4. The van der Waals surface area contributed by atoms with Crippen LogP contribution in [-0.4, -0.2) is 36.3 Å². The lowest BCUT2D eigenvalue weighted by Gasteiger charge is -2.14. The molecule has 34 heavy (non-hydrogen) atoms. The molecule has 1 fully saturated rings. The van der Waals surface area contributed by atoms with Gasteiger partial charge in [-0.3, -0.25) is 9.59 Å². The van der Waals surface area contributed by atoms with Crippen LogP contribution in [0.4, 0.5) is 18.0 Å². The number of rotatable bonds is 5. The first-order valence-corrected chi connectivity index (χ1v) is 10.6. The van der Waals surface area contributed by atoms with Crippen molar-refractivity contribution in [2.24, 2.45) is 0 Å². The van der Waals surface area contributed by atoms with E-state index >= 15 is 0 Å². The van der Waals surface area contributed by atoms with Crippen molar-refractivity contribution >= 4 is 22.8 Å². The Morgan fingerprint density at radius 3 is 2.59 bits per heavy atom. The first kappa shape index (κ1) is 23.3. The maximum Gasteiger partial charge on any atom is 0.508 e. The Morgan fingerprint density at radius 1 is 1.09 bits per heavy atom. The highest BCUT2D eigenvalue weighted by atomic mass is 19.4. The molecule has 0 radical (unpaired) electrons. The number of aromatic nitrogens is 1. The highest BCUT2D eigenvalue weighted by Gasteiger charge is 2.35. The molecule has 2 atom stereocenters. The van der Waals surface area contributed by atoms with Gasteiger partial charge in [0.1, 0.15) is 6.61 Å². The number of aromatic amines is 1. The minimum atomic E-state index is -4.57. The van der Waals surface area contributed by atoms with Gasteiger partial charge in [0, 0.05) is 16.6 Å². The normalized spacial score (nSPS) is 18.1. The summed E-state index contributed by atoms with van der Waals surface area (Å²) in [4.78, 5) is 39.1. The molecule has 1 amide bonds. The van der Waals surface area contributed by atoms with E-state index in [9.17, 15) is 27.6 Å². The van der Waals surface area contributed by atoms with Crippen LogP contribution >= 0.6 is 0 Å². The largest absolute Gasteiger partial charge is 0.508 e. The van der Waals surface area contributed by atoms with Gasteiger partial charge < -0.3 is 19.8 Å². The monoisotopic (exact) mass is 474 g/mol. The van der Waals surface area contributed by atoms with Crippen LogP contribution in [0.3, 0.4) is 0 Å². The van der Waals surface area contributed by atoms with E-state index in [0.29, 0.717) is 17.4 Å². The topological polar surface area (TPSA) is 97.5 Å². The van der Waals surface area contributed by atoms with E-state index in [1.807, 2.05) is 0 Å². The molecule has 4 rings (SSSR count). The van der Waals surface area contributed by atoms with Crippen molar-refractivity contribution < 1.29 is 32.2 Å². The molecule has 7 nitrogen and oxygen atoms in total. The number of amides is 1. The summed E-state index contributed by atoms with van der Waals surface area (Å²) in [6.07, 6.45) is -5.05. The van der Waals surface area contributed by atoms with E-state index in [0.717, 1.165) is 6.07 Å². The number of benzene rings is 2. The number of fused-ring (bicyclic) bond motifs is 1. The highest BCUT2D eigenvalue weighted by Crippen LogP contribution is 2.37. The number of halogens is 3. The predicted octanol–water partition coefficient (Wildman–Crippen LogP) is 4.36. The van der Waals surface area contributed by atoms with Gasteiger partial charge >= 0.3 is 12.3 Å². The molecular formula is C24H21F3N2O5. The van der Waals surface area contributed by atoms with Gasteiger partial charge in [-0.2, -0.15) is 13.2 Å².